The molecule has 1 N–H and O–H groups in total. The smallest absolute Gasteiger partial charge is 0.320 e. The lowest BCUT2D eigenvalue weighted by molar-refractivity contribution is 0.327. The van der Waals surface area contributed by atoms with E-state index in [0.717, 1.165) is 5.19 Å². The second-order valence-electron chi connectivity index (χ2n) is 5.80. The average molecular weight is 302 g/mol. The predicted molar refractivity (Wildman–Crippen MR) is 80.7 cm³/mol. The van der Waals surface area contributed by atoms with Crippen LogP contribution in [0.5, 0.6) is 0 Å². The normalized spacial score (nSPS) is 13.7. The Bertz CT molecular complexity index is 390. The molecule has 4 nitrogen and oxygen atoms in total. The number of rotatable bonds is 5. The molecule has 1 aromatic rings. The highest BCUT2D eigenvalue weighted by molar-refractivity contribution is 6.92. The molecule has 18 heavy (non-hydrogen) atoms. The third kappa shape index (κ3) is 5.12. The van der Waals surface area contributed by atoms with Crippen LogP contribution in [0, 0.1) is 0 Å². The summed E-state index contributed by atoms with van der Waals surface area (Å²) >= 11 is 0. The zero-order chi connectivity index (χ0) is 14.0. The molecular weight excluding hydrogens is 278 g/mol. The third-order valence-corrected chi connectivity index (χ3v) is 12.0. The second kappa shape index (κ2) is 5.35. The first-order valence-electron chi connectivity index (χ1n) is 6.05. The highest BCUT2D eigenvalue weighted by Crippen LogP contribution is 2.19. The van der Waals surface area contributed by atoms with Crippen LogP contribution in [-0.4, -0.2) is 35.2 Å². The quantitative estimate of drug-likeness (QED) is 0.844. The zero-order valence-electron chi connectivity index (χ0n) is 12.0. The summed E-state index contributed by atoms with van der Waals surface area (Å²) in [5.41, 5.74) is 0. The first-order chi connectivity index (χ1) is 8.02. The summed E-state index contributed by atoms with van der Waals surface area (Å²) in [6, 6.07) is 3.97. The zero-order valence-corrected chi connectivity index (χ0v) is 15.0. The Morgan fingerprint density at radius 1 is 1.06 bits per heavy atom. The van der Waals surface area contributed by atoms with Crippen molar-refractivity contribution in [2.45, 2.75) is 39.3 Å². The largest absolute Gasteiger partial charge is 0.433 e. The Hall–Kier alpha value is -0.319. The maximum atomic E-state index is 9.90. The van der Waals surface area contributed by atoms with Gasteiger partial charge in [0, 0.05) is 12.4 Å². The standard InChI is InChI=1S/C11H23NO3Si3/c1-16(2,11-8-7-9-12-10-11)14-18(5,6)15-17(3,4)13/h7-10,13H,1-6H3. The second-order valence-corrected chi connectivity index (χ2v) is 16.7. The van der Waals surface area contributed by atoms with E-state index in [0.29, 0.717) is 0 Å². The molecule has 0 aliphatic carbocycles. The van der Waals surface area contributed by atoms with Crippen LogP contribution in [0.2, 0.25) is 39.3 Å². The van der Waals surface area contributed by atoms with Crippen molar-refractivity contribution in [2.75, 3.05) is 0 Å². The Labute approximate surface area is 113 Å². The van der Waals surface area contributed by atoms with Crippen molar-refractivity contribution < 1.29 is 13.0 Å². The van der Waals surface area contributed by atoms with Gasteiger partial charge >= 0.3 is 17.1 Å². The fourth-order valence-electron chi connectivity index (χ4n) is 2.01. The summed E-state index contributed by atoms with van der Waals surface area (Å²) in [4.78, 5) is 14.0. The highest BCUT2D eigenvalue weighted by atomic mass is 28.5. The van der Waals surface area contributed by atoms with Crippen LogP contribution in [-0.2, 0) is 8.23 Å². The fourth-order valence-corrected chi connectivity index (χ4v) is 13.6. The van der Waals surface area contributed by atoms with Gasteiger partial charge in [-0.05, 0) is 50.5 Å². The number of pyridine rings is 1. The molecule has 7 heteroatoms. The molecule has 1 aromatic heterocycles. The van der Waals surface area contributed by atoms with E-state index in [1.165, 1.54) is 0 Å². The Kier molecular flexibility index (Phi) is 4.68. The van der Waals surface area contributed by atoms with Crippen molar-refractivity contribution in [3.05, 3.63) is 24.5 Å². The molecule has 0 aliphatic rings. The van der Waals surface area contributed by atoms with Gasteiger partial charge in [0.15, 0.2) is 0 Å². The van der Waals surface area contributed by atoms with Gasteiger partial charge in [-0.1, -0.05) is 6.07 Å². The molecule has 0 aromatic carbocycles. The van der Waals surface area contributed by atoms with E-state index in [9.17, 15) is 4.80 Å². The van der Waals surface area contributed by atoms with Gasteiger partial charge in [0.05, 0.1) is 0 Å². The minimum atomic E-state index is -2.55. The summed E-state index contributed by atoms with van der Waals surface area (Å²) in [5, 5.41) is 1.14. The molecule has 0 radical (unpaired) electrons. The average Bonchev–Trinajstić information content (AvgIpc) is 2.13. The van der Waals surface area contributed by atoms with E-state index < -0.39 is 25.4 Å². The van der Waals surface area contributed by atoms with E-state index in [4.69, 9.17) is 8.23 Å². The summed E-state index contributed by atoms with van der Waals surface area (Å²) in [7, 11) is -6.89. The maximum absolute atomic E-state index is 9.90. The number of aromatic nitrogens is 1. The van der Waals surface area contributed by atoms with E-state index in [2.05, 4.69) is 18.1 Å². The lowest BCUT2D eigenvalue weighted by Crippen LogP contribution is -2.57. The van der Waals surface area contributed by atoms with Gasteiger partial charge in [-0.3, -0.25) is 4.98 Å². The van der Waals surface area contributed by atoms with Gasteiger partial charge < -0.3 is 13.0 Å². The van der Waals surface area contributed by atoms with Gasteiger partial charge in [0.25, 0.3) is 0 Å². The molecule has 102 valence electrons. The minimum Gasteiger partial charge on any atom is -0.433 e. The van der Waals surface area contributed by atoms with E-state index in [1.54, 1.807) is 19.3 Å². The Morgan fingerprint density at radius 3 is 2.11 bits per heavy atom. The molecule has 0 spiro atoms. The first-order valence-corrected chi connectivity index (χ1v) is 14.6. The van der Waals surface area contributed by atoms with Crippen LogP contribution >= 0.6 is 0 Å². The molecular formula is C11H23NO3Si3. The van der Waals surface area contributed by atoms with Gasteiger partial charge in [0.1, 0.15) is 0 Å². The van der Waals surface area contributed by atoms with Crippen LogP contribution in [0.1, 0.15) is 0 Å². The summed E-state index contributed by atoms with van der Waals surface area (Å²) in [6.45, 7) is 11.8. The Balaban J connectivity index is 2.83. The topological polar surface area (TPSA) is 51.6 Å². The number of nitrogens with zero attached hydrogens (tertiary/aromatic N) is 1. The molecule has 1 heterocycles. The van der Waals surface area contributed by atoms with Gasteiger partial charge in [-0.15, -0.1) is 0 Å². The fraction of sp³-hybridized carbons (Fsp3) is 0.545. The van der Waals surface area contributed by atoms with Gasteiger partial charge in [0.2, 0.25) is 8.32 Å². The summed E-state index contributed by atoms with van der Waals surface area (Å²) in [5.74, 6) is 0. The highest BCUT2D eigenvalue weighted by Gasteiger charge is 2.40. The van der Waals surface area contributed by atoms with Crippen molar-refractivity contribution in [1.29, 1.82) is 0 Å². The van der Waals surface area contributed by atoms with E-state index in [-0.39, 0.29) is 0 Å². The lowest BCUT2D eigenvalue weighted by Gasteiger charge is -2.36. The molecule has 0 unspecified atom stereocenters. The molecule has 0 saturated carbocycles. The predicted octanol–water partition coefficient (Wildman–Crippen LogP) is 1.92. The molecule has 0 saturated heterocycles. The van der Waals surface area contributed by atoms with Crippen LogP contribution in [0.3, 0.4) is 0 Å². The van der Waals surface area contributed by atoms with Crippen LogP contribution in [0.4, 0.5) is 0 Å². The number of hydrogen-bond donors (Lipinski definition) is 1. The Morgan fingerprint density at radius 2 is 1.67 bits per heavy atom. The molecule has 0 amide bonds. The van der Waals surface area contributed by atoms with Crippen molar-refractivity contribution in [2.24, 2.45) is 0 Å². The summed E-state index contributed by atoms with van der Waals surface area (Å²) < 4.78 is 12.1. The minimum absolute atomic E-state index is 1.14. The van der Waals surface area contributed by atoms with Crippen LogP contribution < -0.4 is 5.19 Å². The first kappa shape index (κ1) is 15.7. The van der Waals surface area contributed by atoms with Crippen molar-refractivity contribution in [1.82, 2.24) is 4.98 Å². The molecule has 0 atom stereocenters. The van der Waals surface area contributed by atoms with Gasteiger partial charge in [-0.2, -0.15) is 0 Å². The van der Waals surface area contributed by atoms with Crippen molar-refractivity contribution in [3.8, 4) is 0 Å². The van der Waals surface area contributed by atoms with E-state index in [1.807, 2.05) is 31.4 Å². The van der Waals surface area contributed by atoms with Crippen molar-refractivity contribution in [3.63, 3.8) is 0 Å². The molecule has 1 rings (SSSR count). The van der Waals surface area contributed by atoms with Gasteiger partial charge in [-0.25, -0.2) is 0 Å². The third-order valence-electron chi connectivity index (χ3n) is 2.35. The van der Waals surface area contributed by atoms with Crippen LogP contribution in [0.25, 0.3) is 0 Å². The lowest BCUT2D eigenvalue weighted by atomic mass is 10.5. The maximum Gasteiger partial charge on any atom is 0.320 e. The monoisotopic (exact) mass is 301 g/mol. The van der Waals surface area contributed by atoms with Crippen LogP contribution in [0.15, 0.2) is 24.5 Å². The SMILES string of the molecule is C[Si](C)(O)O[Si](C)(C)O[Si](C)(C)c1cccnc1. The van der Waals surface area contributed by atoms with Crippen molar-refractivity contribution >= 4 is 30.6 Å². The number of hydrogen-bond acceptors (Lipinski definition) is 4. The summed E-state index contributed by atoms with van der Waals surface area (Å²) in [6.07, 6.45) is 3.62. The van der Waals surface area contributed by atoms with E-state index >= 15 is 0 Å². The molecule has 0 aliphatic heterocycles. The molecule has 0 bridgehead atoms. The molecule has 0 fully saturated rings.